The van der Waals surface area contributed by atoms with Crippen molar-refractivity contribution in [2.24, 2.45) is 5.73 Å². The van der Waals surface area contributed by atoms with Gasteiger partial charge in [0.05, 0.1) is 5.71 Å². The van der Waals surface area contributed by atoms with E-state index in [2.05, 4.69) is 0 Å². The lowest BCUT2D eigenvalue weighted by Crippen LogP contribution is -1.98. The highest BCUT2D eigenvalue weighted by atomic mass is 16.3. The minimum Gasteiger partial charge on any atom is -0.507 e. The fraction of sp³-hybridized carbons (Fsp3) is 0.182. The monoisotopic (exact) mass is 190 g/mol. The number of rotatable bonds is 2. The first-order valence-electron chi connectivity index (χ1n) is 4.33. The molecule has 0 fully saturated rings. The number of nitrogens with one attached hydrogen (secondary N) is 1. The molecule has 3 heteroatoms. The van der Waals surface area contributed by atoms with Crippen LogP contribution in [0.3, 0.4) is 0 Å². The minimum absolute atomic E-state index is 0.121. The molecule has 74 valence electrons. The highest BCUT2D eigenvalue weighted by Crippen LogP contribution is 2.22. The Bertz CT molecular complexity index is 395. The number of hydrogen-bond donors (Lipinski definition) is 3. The maximum absolute atomic E-state index is 9.60. The van der Waals surface area contributed by atoms with Crippen LogP contribution in [0.25, 0.3) is 0 Å². The first-order chi connectivity index (χ1) is 6.56. The fourth-order valence-corrected chi connectivity index (χ4v) is 1.20. The molecule has 0 saturated carbocycles. The van der Waals surface area contributed by atoms with Crippen molar-refractivity contribution in [1.29, 1.82) is 5.41 Å². The molecule has 1 rings (SSSR count). The molecule has 0 radical (unpaired) electrons. The average Bonchev–Trinajstić information content (AvgIpc) is 2.11. The van der Waals surface area contributed by atoms with E-state index in [4.69, 9.17) is 11.1 Å². The van der Waals surface area contributed by atoms with Crippen LogP contribution in [0, 0.1) is 19.3 Å². The zero-order valence-electron chi connectivity index (χ0n) is 8.33. The van der Waals surface area contributed by atoms with Gasteiger partial charge in [0.2, 0.25) is 0 Å². The van der Waals surface area contributed by atoms with E-state index in [9.17, 15) is 5.11 Å². The Labute approximate surface area is 83.4 Å². The van der Waals surface area contributed by atoms with E-state index in [-0.39, 0.29) is 11.5 Å². The molecule has 0 amide bonds. The van der Waals surface area contributed by atoms with Crippen LogP contribution in [0.1, 0.15) is 16.7 Å². The molecule has 0 unspecified atom stereocenters. The molecular weight excluding hydrogens is 176 g/mol. The van der Waals surface area contributed by atoms with Crippen molar-refractivity contribution in [1.82, 2.24) is 0 Å². The number of benzene rings is 1. The predicted octanol–water partition coefficient (Wildman–Crippen LogP) is 1.85. The van der Waals surface area contributed by atoms with Crippen molar-refractivity contribution < 1.29 is 5.11 Å². The topological polar surface area (TPSA) is 70.1 Å². The second-order valence-electron chi connectivity index (χ2n) is 3.23. The van der Waals surface area contributed by atoms with Gasteiger partial charge in [0.1, 0.15) is 5.75 Å². The lowest BCUT2D eigenvalue weighted by atomic mass is 10.0. The lowest BCUT2D eigenvalue weighted by Gasteiger charge is -2.06. The smallest absolute Gasteiger partial charge is 0.125 e. The third-order valence-electron chi connectivity index (χ3n) is 2.17. The van der Waals surface area contributed by atoms with Gasteiger partial charge in [0.25, 0.3) is 0 Å². The van der Waals surface area contributed by atoms with Crippen molar-refractivity contribution in [3.63, 3.8) is 0 Å². The number of hydrogen-bond acceptors (Lipinski definition) is 3. The largest absolute Gasteiger partial charge is 0.507 e. The Morgan fingerprint density at radius 1 is 1.36 bits per heavy atom. The molecule has 0 aliphatic rings. The van der Waals surface area contributed by atoms with Crippen molar-refractivity contribution in [3.8, 4) is 5.75 Å². The minimum atomic E-state index is 0.121. The molecule has 0 saturated heterocycles. The van der Waals surface area contributed by atoms with Crippen molar-refractivity contribution in [3.05, 3.63) is 41.1 Å². The van der Waals surface area contributed by atoms with Crippen LogP contribution >= 0.6 is 0 Å². The van der Waals surface area contributed by atoms with E-state index >= 15 is 0 Å². The summed E-state index contributed by atoms with van der Waals surface area (Å²) in [6.45, 7) is 3.86. The van der Waals surface area contributed by atoms with Gasteiger partial charge in [0.15, 0.2) is 0 Å². The van der Waals surface area contributed by atoms with Gasteiger partial charge in [-0.05, 0) is 49.4 Å². The first kappa shape index (κ1) is 10.3. The molecule has 0 aliphatic heterocycles. The third kappa shape index (κ3) is 1.93. The highest BCUT2D eigenvalue weighted by Gasteiger charge is 2.06. The quantitative estimate of drug-likeness (QED) is 0.623. The number of phenolic OH excluding ortho intramolecular Hbond substituents is 1. The van der Waals surface area contributed by atoms with Gasteiger partial charge in [0, 0.05) is 5.56 Å². The number of aromatic hydroxyl groups is 1. The van der Waals surface area contributed by atoms with Gasteiger partial charge in [-0.1, -0.05) is 0 Å². The van der Waals surface area contributed by atoms with Crippen molar-refractivity contribution in [2.45, 2.75) is 13.8 Å². The molecule has 0 aliphatic carbocycles. The van der Waals surface area contributed by atoms with Crippen LogP contribution in [0.5, 0.6) is 5.75 Å². The molecule has 0 aromatic heterocycles. The number of nitrogens with two attached hydrogens (primary N) is 1. The van der Waals surface area contributed by atoms with Gasteiger partial charge < -0.3 is 16.2 Å². The van der Waals surface area contributed by atoms with E-state index < -0.39 is 0 Å². The average molecular weight is 190 g/mol. The summed E-state index contributed by atoms with van der Waals surface area (Å²) < 4.78 is 0. The van der Waals surface area contributed by atoms with E-state index in [1.165, 1.54) is 12.3 Å². The first-order valence-corrected chi connectivity index (χ1v) is 4.33. The molecule has 4 N–H and O–H groups in total. The molecule has 0 atom stereocenters. The van der Waals surface area contributed by atoms with Crippen LogP contribution < -0.4 is 5.73 Å². The summed E-state index contributed by atoms with van der Waals surface area (Å²) in [6, 6.07) is 3.44. The molecule has 0 spiro atoms. The summed E-state index contributed by atoms with van der Waals surface area (Å²) in [5.41, 5.74) is 7.97. The van der Waals surface area contributed by atoms with Crippen LogP contribution in [0.4, 0.5) is 0 Å². The Balaban J connectivity index is 3.22. The van der Waals surface area contributed by atoms with Crippen molar-refractivity contribution >= 4 is 5.71 Å². The fourth-order valence-electron chi connectivity index (χ4n) is 1.20. The van der Waals surface area contributed by atoms with E-state index in [0.29, 0.717) is 5.56 Å². The van der Waals surface area contributed by atoms with Gasteiger partial charge in [-0.25, -0.2) is 0 Å². The number of aryl methyl sites for hydroxylation is 2. The van der Waals surface area contributed by atoms with Gasteiger partial charge in [-0.15, -0.1) is 0 Å². The van der Waals surface area contributed by atoms with E-state index in [1.807, 2.05) is 13.8 Å². The van der Waals surface area contributed by atoms with Crippen LogP contribution in [0.2, 0.25) is 0 Å². The Hall–Kier alpha value is -1.77. The summed E-state index contributed by atoms with van der Waals surface area (Å²) >= 11 is 0. The van der Waals surface area contributed by atoms with E-state index in [1.54, 1.807) is 12.1 Å². The van der Waals surface area contributed by atoms with Crippen LogP contribution in [-0.2, 0) is 0 Å². The zero-order chi connectivity index (χ0) is 10.7. The summed E-state index contributed by atoms with van der Waals surface area (Å²) in [5, 5.41) is 17.2. The second kappa shape index (κ2) is 3.96. The maximum atomic E-state index is 9.60. The Kier molecular flexibility index (Phi) is 2.92. The van der Waals surface area contributed by atoms with Crippen LogP contribution in [0.15, 0.2) is 24.4 Å². The Morgan fingerprint density at radius 2 is 1.93 bits per heavy atom. The molecule has 1 aromatic rings. The zero-order valence-corrected chi connectivity index (χ0v) is 8.33. The van der Waals surface area contributed by atoms with Gasteiger partial charge in [-0.2, -0.15) is 0 Å². The molecule has 14 heavy (non-hydrogen) atoms. The number of allylic oxidation sites excluding steroid dienone is 1. The summed E-state index contributed by atoms with van der Waals surface area (Å²) in [5.74, 6) is 0.121. The van der Waals surface area contributed by atoms with E-state index in [0.717, 1.165) is 11.1 Å². The van der Waals surface area contributed by atoms with Crippen LogP contribution in [-0.4, -0.2) is 10.8 Å². The van der Waals surface area contributed by atoms with Crippen molar-refractivity contribution in [2.75, 3.05) is 0 Å². The third-order valence-corrected chi connectivity index (χ3v) is 2.17. The second-order valence-corrected chi connectivity index (χ2v) is 3.23. The Morgan fingerprint density at radius 3 is 2.50 bits per heavy atom. The van der Waals surface area contributed by atoms with Gasteiger partial charge >= 0.3 is 0 Å². The predicted molar refractivity (Wildman–Crippen MR) is 57.7 cm³/mol. The maximum Gasteiger partial charge on any atom is 0.125 e. The molecule has 3 nitrogen and oxygen atoms in total. The summed E-state index contributed by atoms with van der Waals surface area (Å²) in [7, 11) is 0. The summed E-state index contributed by atoms with van der Waals surface area (Å²) in [4.78, 5) is 0. The summed E-state index contributed by atoms with van der Waals surface area (Å²) in [6.07, 6.45) is 2.74. The SMILES string of the molecule is Cc1cc(O)c(C(=N)/C=C\N)cc1C. The lowest BCUT2D eigenvalue weighted by molar-refractivity contribution is 0.473. The molecule has 0 heterocycles. The molecule has 1 aromatic carbocycles. The standard InChI is InChI=1S/C11H14N2O/c1-7-5-9(10(13)3-4-12)11(14)6-8(7)2/h3-6,13-14H,12H2,1-2H3/b4-3-,13-10?. The molecular formula is C11H14N2O. The highest BCUT2D eigenvalue weighted by molar-refractivity contribution is 6.08. The van der Waals surface area contributed by atoms with Gasteiger partial charge in [-0.3, -0.25) is 0 Å². The molecule has 0 bridgehead atoms. The number of phenols is 1. The normalized spacial score (nSPS) is 10.7.